The van der Waals surface area contributed by atoms with Crippen LogP contribution in [0.2, 0.25) is 5.15 Å². The molecular weight excluding hydrogens is 264 g/mol. The number of rotatable bonds is 5. The Labute approximate surface area is 117 Å². The highest BCUT2D eigenvalue weighted by Crippen LogP contribution is 2.34. The van der Waals surface area contributed by atoms with E-state index in [0.29, 0.717) is 16.7 Å². The molecule has 0 fully saturated rings. The highest BCUT2D eigenvalue weighted by Gasteiger charge is 2.13. The zero-order chi connectivity index (χ0) is 13.8. The summed E-state index contributed by atoms with van der Waals surface area (Å²) in [4.78, 5) is 8.16. The Bertz CT molecular complexity index is 571. The van der Waals surface area contributed by atoms with Gasteiger partial charge in [-0.25, -0.2) is 9.97 Å². The number of hydrogen-bond acceptors (Lipinski definition) is 4. The van der Waals surface area contributed by atoms with Crippen LogP contribution in [-0.2, 0) is 0 Å². The summed E-state index contributed by atoms with van der Waals surface area (Å²) in [5.41, 5.74) is 0.744. The zero-order valence-corrected chi connectivity index (χ0v) is 12.1. The molecule has 0 aliphatic rings. The van der Waals surface area contributed by atoms with Crippen molar-refractivity contribution in [2.45, 2.75) is 32.8 Å². The Hall–Kier alpha value is -1.55. The van der Waals surface area contributed by atoms with E-state index in [4.69, 9.17) is 21.1 Å². The van der Waals surface area contributed by atoms with Crippen molar-refractivity contribution in [2.24, 2.45) is 0 Å². The van der Waals surface area contributed by atoms with Gasteiger partial charge in [-0.3, -0.25) is 0 Å². The highest BCUT2D eigenvalue weighted by atomic mass is 35.5. The van der Waals surface area contributed by atoms with Gasteiger partial charge < -0.3 is 9.47 Å². The Morgan fingerprint density at radius 2 is 1.89 bits per heavy atom. The van der Waals surface area contributed by atoms with Crippen molar-refractivity contribution in [1.29, 1.82) is 0 Å². The summed E-state index contributed by atoms with van der Waals surface area (Å²) in [6.07, 6.45) is 3.48. The topological polar surface area (TPSA) is 44.2 Å². The number of benzene rings is 1. The van der Waals surface area contributed by atoms with Gasteiger partial charge in [0.15, 0.2) is 11.5 Å². The molecule has 1 aromatic heterocycles. The summed E-state index contributed by atoms with van der Waals surface area (Å²) in [5.74, 6) is 1.34. The summed E-state index contributed by atoms with van der Waals surface area (Å²) in [6.45, 7) is 4.19. The van der Waals surface area contributed by atoms with Crippen molar-refractivity contribution in [1.82, 2.24) is 9.97 Å². The number of hydrogen-bond donors (Lipinski definition) is 0. The van der Waals surface area contributed by atoms with Crippen LogP contribution in [0, 0.1) is 0 Å². The molecule has 0 aliphatic heterocycles. The first-order valence-electron chi connectivity index (χ1n) is 6.34. The third-order valence-corrected chi connectivity index (χ3v) is 3.38. The van der Waals surface area contributed by atoms with Crippen molar-refractivity contribution in [3.8, 4) is 11.5 Å². The second-order valence-electron chi connectivity index (χ2n) is 4.24. The number of nitrogens with zero attached hydrogens (tertiary/aromatic N) is 2. The molecule has 0 spiro atoms. The van der Waals surface area contributed by atoms with Crippen LogP contribution in [0.15, 0.2) is 18.5 Å². The van der Waals surface area contributed by atoms with E-state index in [1.54, 1.807) is 7.11 Å². The Morgan fingerprint density at radius 3 is 2.53 bits per heavy atom. The average Bonchev–Trinajstić information content (AvgIpc) is 2.44. The van der Waals surface area contributed by atoms with Crippen LogP contribution in [0.4, 0.5) is 0 Å². The molecule has 0 aliphatic carbocycles. The third kappa shape index (κ3) is 2.89. The summed E-state index contributed by atoms with van der Waals surface area (Å²) < 4.78 is 11.3. The van der Waals surface area contributed by atoms with Crippen molar-refractivity contribution in [2.75, 3.05) is 7.11 Å². The second-order valence-corrected chi connectivity index (χ2v) is 4.60. The fourth-order valence-electron chi connectivity index (χ4n) is 1.92. The number of methoxy groups -OCH3 is 1. The summed E-state index contributed by atoms with van der Waals surface area (Å²) in [7, 11) is 1.61. The standard InChI is InChI=1S/C14H17ClN2O2/c1-4-9(5-2)19-13-6-10-11(7-12(13)18-3)16-8-17-14(10)15/h6-9H,4-5H2,1-3H3. The van der Waals surface area contributed by atoms with Gasteiger partial charge in [-0.15, -0.1) is 0 Å². The van der Waals surface area contributed by atoms with Crippen LogP contribution < -0.4 is 9.47 Å². The first kappa shape index (κ1) is 13.9. The van der Waals surface area contributed by atoms with Crippen LogP contribution in [0.25, 0.3) is 10.9 Å². The monoisotopic (exact) mass is 280 g/mol. The summed E-state index contributed by atoms with van der Waals surface area (Å²) in [6, 6.07) is 3.66. The van der Waals surface area contributed by atoms with Crippen molar-refractivity contribution in [3.63, 3.8) is 0 Å². The molecule has 0 atom stereocenters. The zero-order valence-electron chi connectivity index (χ0n) is 11.3. The van der Waals surface area contributed by atoms with E-state index >= 15 is 0 Å². The minimum atomic E-state index is 0.162. The lowest BCUT2D eigenvalue weighted by Gasteiger charge is -2.18. The lowest BCUT2D eigenvalue weighted by atomic mass is 10.2. The van der Waals surface area contributed by atoms with Crippen LogP contribution in [-0.4, -0.2) is 23.2 Å². The normalized spacial score (nSPS) is 11.0. The smallest absolute Gasteiger partial charge is 0.162 e. The molecule has 1 aromatic carbocycles. The van der Waals surface area contributed by atoms with Gasteiger partial charge in [-0.1, -0.05) is 25.4 Å². The Balaban J connectivity index is 2.49. The van der Waals surface area contributed by atoms with Crippen LogP contribution in [0.3, 0.4) is 0 Å². The average molecular weight is 281 g/mol. The summed E-state index contributed by atoms with van der Waals surface area (Å²) >= 11 is 6.08. The molecule has 4 nitrogen and oxygen atoms in total. The van der Waals surface area contributed by atoms with E-state index < -0.39 is 0 Å². The molecule has 5 heteroatoms. The Kier molecular flexibility index (Phi) is 4.43. The van der Waals surface area contributed by atoms with Crippen LogP contribution in [0.1, 0.15) is 26.7 Å². The predicted octanol–water partition coefficient (Wildman–Crippen LogP) is 3.86. The molecule has 0 unspecified atom stereocenters. The van der Waals surface area contributed by atoms with Crippen molar-refractivity contribution in [3.05, 3.63) is 23.6 Å². The highest BCUT2D eigenvalue weighted by molar-refractivity contribution is 6.34. The van der Waals surface area contributed by atoms with Gasteiger partial charge in [0, 0.05) is 11.5 Å². The maximum absolute atomic E-state index is 6.08. The molecule has 0 bridgehead atoms. The molecule has 19 heavy (non-hydrogen) atoms. The van der Waals surface area contributed by atoms with Crippen molar-refractivity contribution >= 4 is 22.5 Å². The maximum atomic E-state index is 6.08. The molecule has 0 amide bonds. The first-order chi connectivity index (χ1) is 9.19. The largest absolute Gasteiger partial charge is 0.493 e. The van der Waals surface area contributed by atoms with E-state index in [9.17, 15) is 0 Å². The van der Waals surface area contributed by atoms with Gasteiger partial charge in [0.25, 0.3) is 0 Å². The maximum Gasteiger partial charge on any atom is 0.162 e. The number of fused-ring (bicyclic) bond motifs is 1. The fourth-order valence-corrected chi connectivity index (χ4v) is 2.11. The van der Waals surface area contributed by atoms with E-state index in [1.165, 1.54) is 6.33 Å². The number of aromatic nitrogens is 2. The van der Waals surface area contributed by atoms with Crippen LogP contribution >= 0.6 is 11.6 Å². The molecule has 0 saturated carbocycles. The van der Waals surface area contributed by atoms with Crippen LogP contribution in [0.5, 0.6) is 11.5 Å². The van der Waals surface area contributed by atoms with Gasteiger partial charge >= 0.3 is 0 Å². The van der Waals surface area contributed by atoms with Gasteiger partial charge in [0.1, 0.15) is 11.5 Å². The molecule has 2 aromatic rings. The fraction of sp³-hybridized carbons (Fsp3) is 0.429. The molecule has 1 heterocycles. The number of halogens is 1. The SMILES string of the molecule is CCC(CC)Oc1cc2c(Cl)ncnc2cc1OC. The third-order valence-electron chi connectivity index (χ3n) is 3.08. The van der Waals surface area contributed by atoms with E-state index in [2.05, 4.69) is 23.8 Å². The minimum Gasteiger partial charge on any atom is -0.493 e. The number of ether oxygens (including phenoxy) is 2. The van der Waals surface area contributed by atoms with E-state index in [0.717, 1.165) is 23.7 Å². The van der Waals surface area contributed by atoms with Gasteiger partial charge in [-0.2, -0.15) is 0 Å². The molecule has 0 saturated heterocycles. The Morgan fingerprint density at radius 1 is 1.16 bits per heavy atom. The second kappa shape index (κ2) is 6.06. The van der Waals surface area contributed by atoms with Gasteiger partial charge in [0.2, 0.25) is 0 Å². The predicted molar refractivity (Wildman–Crippen MR) is 76.1 cm³/mol. The molecule has 102 valence electrons. The van der Waals surface area contributed by atoms with E-state index in [-0.39, 0.29) is 6.10 Å². The lowest BCUT2D eigenvalue weighted by Crippen LogP contribution is -2.14. The van der Waals surface area contributed by atoms with Crippen molar-refractivity contribution < 1.29 is 9.47 Å². The molecule has 0 N–H and O–H groups in total. The molecule has 2 rings (SSSR count). The molecular formula is C14H17ClN2O2. The minimum absolute atomic E-state index is 0.162. The van der Waals surface area contributed by atoms with Gasteiger partial charge in [-0.05, 0) is 18.9 Å². The van der Waals surface area contributed by atoms with E-state index in [1.807, 2.05) is 12.1 Å². The first-order valence-corrected chi connectivity index (χ1v) is 6.72. The van der Waals surface area contributed by atoms with Gasteiger partial charge in [0.05, 0.1) is 18.7 Å². The lowest BCUT2D eigenvalue weighted by molar-refractivity contribution is 0.185. The summed E-state index contributed by atoms with van der Waals surface area (Å²) in [5, 5.41) is 1.19. The quantitative estimate of drug-likeness (QED) is 0.780. The molecule has 0 radical (unpaired) electrons.